The van der Waals surface area contributed by atoms with Gasteiger partial charge in [0, 0.05) is 24.1 Å². The summed E-state index contributed by atoms with van der Waals surface area (Å²) in [4.78, 5) is 4.33. The minimum Gasteiger partial charge on any atom is -0.441 e. The molecule has 19 heavy (non-hydrogen) atoms. The number of rotatable bonds is 4. The number of hydrogen-bond donors (Lipinski definition) is 1. The van der Waals surface area contributed by atoms with Gasteiger partial charge in [-0.15, -0.1) is 0 Å². The second-order valence-corrected chi connectivity index (χ2v) is 5.91. The van der Waals surface area contributed by atoms with Gasteiger partial charge in [-0.1, -0.05) is 29.8 Å². The Bertz CT molecular complexity index is 520. The lowest BCUT2D eigenvalue weighted by Crippen LogP contribution is -2.37. The molecule has 0 spiro atoms. The van der Waals surface area contributed by atoms with Crippen LogP contribution in [-0.2, 0) is 6.42 Å². The molecule has 102 valence electrons. The Morgan fingerprint density at radius 3 is 2.47 bits per heavy atom. The fourth-order valence-electron chi connectivity index (χ4n) is 1.82. The van der Waals surface area contributed by atoms with Crippen molar-refractivity contribution in [1.29, 1.82) is 0 Å². The van der Waals surface area contributed by atoms with Crippen molar-refractivity contribution in [2.24, 2.45) is 0 Å². The number of aryl methyl sites for hydroxylation is 1. The van der Waals surface area contributed by atoms with E-state index in [0.29, 0.717) is 0 Å². The van der Waals surface area contributed by atoms with Gasteiger partial charge in [0.2, 0.25) is 0 Å². The molecule has 1 N–H and O–H groups in total. The lowest BCUT2D eigenvalue weighted by atomic mass is 10.1. The van der Waals surface area contributed by atoms with Crippen molar-refractivity contribution < 1.29 is 4.42 Å². The van der Waals surface area contributed by atoms with E-state index in [9.17, 15) is 0 Å². The predicted molar refractivity (Wildman–Crippen MR) is 78.1 cm³/mol. The zero-order valence-corrected chi connectivity index (χ0v) is 12.2. The Kier molecular flexibility index (Phi) is 4.05. The van der Waals surface area contributed by atoms with Gasteiger partial charge in [-0.3, -0.25) is 0 Å². The largest absolute Gasteiger partial charge is 0.441 e. The van der Waals surface area contributed by atoms with E-state index in [1.165, 1.54) is 5.56 Å². The quantitative estimate of drug-likeness (QED) is 0.911. The van der Waals surface area contributed by atoms with Gasteiger partial charge in [-0.2, -0.15) is 0 Å². The number of aromatic nitrogens is 1. The van der Waals surface area contributed by atoms with Crippen LogP contribution in [0, 0.1) is 6.92 Å². The summed E-state index contributed by atoms with van der Waals surface area (Å²) in [5, 5.41) is 3.43. The number of nitrogens with one attached hydrogen (secondary N) is 1. The first-order valence-corrected chi connectivity index (χ1v) is 6.71. The Morgan fingerprint density at radius 2 is 1.84 bits per heavy atom. The lowest BCUT2D eigenvalue weighted by Gasteiger charge is -2.19. The van der Waals surface area contributed by atoms with Gasteiger partial charge in [0.15, 0.2) is 11.7 Å². The van der Waals surface area contributed by atoms with Crippen molar-refractivity contribution in [3.8, 4) is 11.3 Å². The summed E-state index contributed by atoms with van der Waals surface area (Å²) in [7, 11) is 0. The van der Waals surface area contributed by atoms with Crippen LogP contribution in [0.25, 0.3) is 11.3 Å². The third-order valence-corrected chi connectivity index (χ3v) is 2.88. The molecule has 0 unspecified atom stereocenters. The van der Waals surface area contributed by atoms with Crippen molar-refractivity contribution in [2.75, 3.05) is 6.54 Å². The highest BCUT2D eigenvalue weighted by molar-refractivity contribution is 5.56. The zero-order valence-electron chi connectivity index (χ0n) is 12.2. The van der Waals surface area contributed by atoms with E-state index < -0.39 is 0 Å². The van der Waals surface area contributed by atoms with Crippen LogP contribution in [0.4, 0.5) is 0 Å². The molecule has 2 aromatic rings. The third kappa shape index (κ3) is 4.21. The molecule has 0 fully saturated rings. The first-order valence-electron chi connectivity index (χ1n) is 6.71. The minimum atomic E-state index is 0.131. The van der Waals surface area contributed by atoms with E-state index in [1.54, 1.807) is 6.20 Å². The van der Waals surface area contributed by atoms with Crippen LogP contribution in [0.2, 0.25) is 0 Å². The zero-order chi connectivity index (χ0) is 13.9. The molecular formula is C16H22N2O. The highest BCUT2D eigenvalue weighted by Crippen LogP contribution is 2.20. The number of hydrogen-bond acceptors (Lipinski definition) is 3. The number of benzene rings is 1. The van der Waals surface area contributed by atoms with Crippen molar-refractivity contribution in [2.45, 2.75) is 39.7 Å². The first-order chi connectivity index (χ1) is 8.94. The molecule has 3 heteroatoms. The molecule has 0 aliphatic carbocycles. The third-order valence-electron chi connectivity index (χ3n) is 2.88. The summed E-state index contributed by atoms with van der Waals surface area (Å²) in [6.07, 6.45) is 2.61. The van der Waals surface area contributed by atoms with E-state index >= 15 is 0 Å². The van der Waals surface area contributed by atoms with E-state index in [4.69, 9.17) is 4.42 Å². The molecule has 0 saturated carbocycles. The molecular weight excluding hydrogens is 236 g/mol. The summed E-state index contributed by atoms with van der Waals surface area (Å²) in [6, 6.07) is 8.29. The summed E-state index contributed by atoms with van der Waals surface area (Å²) in [5.41, 5.74) is 2.46. The normalized spacial score (nSPS) is 11.8. The van der Waals surface area contributed by atoms with Gasteiger partial charge >= 0.3 is 0 Å². The Morgan fingerprint density at radius 1 is 1.16 bits per heavy atom. The highest BCUT2D eigenvalue weighted by atomic mass is 16.4. The smallest absolute Gasteiger partial charge is 0.196 e. The Labute approximate surface area is 115 Å². The fourth-order valence-corrected chi connectivity index (χ4v) is 1.82. The second kappa shape index (κ2) is 5.57. The SMILES string of the molecule is Cc1ccc(-c2cnc(CCNC(C)(C)C)o2)cc1. The van der Waals surface area contributed by atoms with Gasteiger partial charge in [0.05, 0.1) is 6.20 Å². The van der Waals surface area contributed by atoms with Gasteiger partial charge in [-0.05, 0) is 27.7 Å². The van der Waals surface area contributed by atoms with Crippen LogP contribution in [0.1, 0.15) is 32.2 Å². The molecule has 0 saturated heterocycles. The first kappa shape index (κ1) is 13.8. The standard InChI is InChI=1S/C16H22N2O/c1-12-5-7-13(8-6-12)14-11-17-15(19-14)9-10-18-16(2,3)4/h5-8,11,18H,9-10H2,1-4H3. The highest BCUT2D eigenvalue weighted by Gasteiger charge is 2.10. The predicted octanol–water partition coefficient (Wildman–Crippen LogP) is 3.58. The fraction of sp³-hybridized carbons (Fsp3) is 0.438. The topological polar surface area (TPSA) is 38.1 Å². The van der Waals surface area contributed by atoms with Gasteiger partial charge in [-0.25, -0.2) is 4.98 Å². The Balaban J connectivity index is 1.97. The average Bonchev–Trinajstić information content (AvgIpc) is 2.77. The second-order valence-electron chi connectivity index (χ2n) is 5.91. The number of oxazole rings is 1. The molecule has 2 rings (SSSR count). The molecule has 0 bridgehead atoms. The summed E-state index contributed by atoms with van der Waals surface area (Å²) >= 11 is 0. The van der Waals surface area contributed by atoms with E-state index in [-0.39, 0.29) is 5.54 Å². The maximum Gasteiger partial charge on any atom is 0.196 e. The Hall–Kier alpha value is -1.61. The van der Waals surface area contributed by atoms with E-state index in [0.717, 1.165) is 30.2 Å². The monoisotopic (exact) mass is 258 g/mol. The van der Waals surface area contributed by atoms with Gasteiger partial charge < -0.3 is 9.73 Å². The van der Waals surface area contributed by atoms with Crippen molar-refractivity contribution >= 4 is 0 Å². The summed E-state index contributed by atoms with van der Waals surface area (Å²) in [6.45, 7) is 9.41. The van der Waals surface area contributed by atoms with Crippen molar-refractivity contribution in [3.63, 3.8) is 0 Å². The van der Waals surface area contributed by atoms with Crippen LogP contribution >= 0.6 is 0 Å². The van der Waals surface area contributed by atoms with Crippen molar-refractivity contribution in [3.05, 3.63) is 41.9 Å². The van der Waals surface area contributed by atoms with Crippen molar-refractivity contribution in [1.82, 2.24) is 10.3 Å². The van der Waals surface area contributed by atoms with E-state index in [2.05, 4.69) is 62.3 Å². The molecule has 1 aromatic heterocycles. The van der Waals surface area contributed by atoms with Crippen LogP contribution in [0.15, 0.2) is 34.9 Å². The van der Waals surface area contributed by atoms with Crippen LogP contribution in [-0.4, -0.2) is 17.1 Å². The molecule has 3 nitrogen and oxygen atoms in total. The minimum absolute atomic E-state index is 0.131. The maximum atomic E-state index is 5.77. The van der Waals surface area contributed by atoms with Crippen LogP contribution in [0.5, 0.6) is 0 Å². The molecule has 0 atom stereocenters. The average molecular weight is 258 g/mol. The molecule has 0 aliphatic heterocycles. The molecule has 0 radical (unpaired) electrons. The molecule has 0 amide bonds. The van der Waals surface area contributed by atoms with Gasteiger partial charge in [0.1, 0.15) is 0 Å². The summed E-state index contributed by atoms with van der Waals surface area (Å²) in [5.74, 6) is 1.62. The number of nitrogens with zero attached hydrogens (tertiary/aromatic N) is 1. The molecule has 1 heterocycles. The molecule has 1 aromatic carbocycles. The maximum absolute atomic E-state index is 5.77. The molecule has 0 aliphatic rings. The lowest BCUT2D eigenvalue weighted by molar-refractivity contribution is 0.412. The van der Waals surface area contributed by atoms with Crippen LogP contribution < -0.4 is 5.32 Å². The summed E-state index contributed by atoms with van der Waals surface area (Å²) < 4.78 is 5.77. The van der Waals surface area contributed by atoms with Gasteiger partial charge in [0.25, 0.3) is 0 Å². The van der Waals surface area contributed by atoms with E-state index in [1.807, 2.05) is 0 Å². The van der Waals surface area contributed by atoms with Crippen LogP contribution in [0.3, 0.4) is 0 Å².